The number of aliphatic hydroxyl groups excluding tert-OH is 1. The molecule has 0 aromatic rings. The molecule has 1 N–H and O–H groups in total. The van der Waals surface area contributed by atoms with Crippen molar-refractivity contribution in [2.24, 2.45) is 0 Å². The molecule has 0 radical (unpaired) electrons. The predicted molar refractivity (Wildman–Crippen MR) is 159 cm³/mol. The lowest BCUT2D eigenvalue weighted by Gasteiger charge is -2.15. The van der Waals surface area contributed by atoms with E-state index in [1.165, 1.54) is 70.6 Å². The lowest BCUT2D eigenvalue weighted by atomic mass is 10.1. The molecule has 5 nitrogen and oxygen atoms in total. The summed E-state index contributed by atoms with van der Waals surface area (Å²) in [6.45, 7) is 3.99. The number of unbranched alkanes of at least 4 members (excludes halogenated alkanes) is 16. The van der Waals surface area contributed by atoms with Crippen molar-refractivity contribution < 1.29 is 24.2 Å². The van der Waals surface area contributed by atoms with Crippen LogP contribution in [0, 0.1) is 0 Å². The molecule has 0 aliphatic carbocycles. The molecule has 0 amide bonds. The van der Waals surface area contributed by atoms with Crippen molar-refractivity contribution in [1.29, 1.82) is 0 Å². The Hall–Kier alpha value is -1.62. The molecule has 0 bridgehead atoms. The number of hydrogen-bond donors (Lipinski definition) is 1. The first kappa shape index (κ1) is 36.4. The molecule has 0 aliphatic heterocycles. The maximum Gasteiger partial charge on any atom is 0.306 e. The molecule has 1 atom stereocenters. The van der Waals surface area contributed by atoms with E-state index in [4.69, 9.17) is 9.47 Å². The van der Waals surface area contributed by atoms with Gasteiger partial charge in [0.1, 0.15) is 6.61 Å². The summed E-state index contributed by atoms with van der Waals surface area (Å²) < 4.78 is 10.5. The fourth-order valence-corrected chi connectivity index (χ4v) is 4.31. The van der Waals surface area contributed by atoms with Gasteiger partial charge >= 0.3 is 11.9 Å². The number of carbonyl (C=O) groups is 2. The van der Waals surface area contributed by atoms with Gasteiger partial charge in [-0.25, -0.2) is 0 Å². The zero-order valence-electron chi connectivity index (χ0n) is 24.9. The summed E-state index contributed by atoms with van der Waals surface area (Å²) in [7, 11) is 0. The van der Waals surface area contributed by atoms with Gasteiger partial charge < -0.3 is 14.6 Å². The van der Waals surface area contributed by atoms with E-state index in [1.807, 2.05) is 0 Å². The van der Waals surface area contributed by atoms with Crippen LogP contribution in [0.15, 0.2) is 24.3 Å². The highest BCUT2D eigenvalue weighted by atomic mass is 16.6. The monoisotopic (exact) mass is 536 g/mol. The Kier molecular flexibility index (Phi) is 28.7. The average Bonchev–Trinajstić information content (AvgIpc) is 2.92. The van der Waals surface area contributed by atoms with E-state index in [1.54, 1.807) is 0 Å². The lowest BCUT2D eigenvalue weighted by Crippen LogP contribution is -2.28. The minimum absolute atomic E-state index is 0.0722. The molecule has 5 heteroatoms. The molecule has 0 unspecified atom stereocenters. The lowest BCUT2D eigenvalue weighted by molar-refractivity contribution is -0.161. The SMILES string of the molecule is CC/C=C/CCCCCCCC(=O)OC[C@H](CO)OC(=O)CCCCCCC/C=C/CCCCCCCC. The average molecular weight is 537 g/mol. The second-order valence-corrected chi connectivity index (χ2v) is 10.5. The van der Waals surface area contributed by atoms with Crippen molar-refractivity contribution in [3.63, 3.8) is 0 Å². The summed E-state index contributed by atoms with van der Waals surface area (Å²) in [6.07, 6.45) is 32.3. The van der Waals surface area contributed by atoms with Crippen LogP contribution in [0.5, 0.6) is 0 Å². The normalized spacial score (nSPS) is 12.4. The topological polar surface area (TPSA) is 72.8 Å². The van der Waals surface area contributed by atoms with Gasteiger partial charge in [0.25, 0.3) is 0 Å². The van der Waals surface area contributed by atoms with E-state index >= 15 is 0 Å². The van der Waals surface area contributed by atoms with Gasteiger partial charge in [-0.05, 0) is 57.8 Å². The van der Waals surface area contributed by atoms with Crippen LogP contribution in [0.1, 0.15) is 155 Å². The van der Waals surface area contributed by atoms with Gasteiger partial charge in [0.15, 0.2) is 6.10 Å². The van der Waals surface area contributed by atoms with Gasteiger partial charge in [-0.15, -0.1) is 0 Å². The summed E-state index contributed by atoms with van der Waals surface area (Å²) in [5.74, 6) is -0.617. The second-order valence-electron chi connectivity index (χ2n) is 10.5. The molecule has 0 spiro atoms. The van der Waals surface area contributed by atoms with Crippen LogP contribution >= 0.6 is 0 Å². The third-order valence-electron chi connectivity index (χ3n) is 6.73. The third kappa shape index (κ3) is 27.4. The Morgan fingerprint density at radius 1 is 0.605 bits per heavy atom. The standard InChI is InChI=1S/C33H60O5/c1-3-5-7-9-11-13-14-15-16-17-18-20-22-24-26-28-33(36)38-31(29-34)30-37-32(35)27-25-23-21-19-12-10-8-6-4-2/h6,8,15-16,31,34H,3-5,7,9-14,17-30H2,1-2H3/b8-6+,16-15+/t31-/m0/s1. The summed E-state index contributed by atoms with van der Waals surface area (Å²) in [5.41, 5.74) is 0. The van der Waals surface area contributed by atoms with Crippen molar-refractivity contribution in [3.05, 3.63) is 24.3 Å². The molecule has 0 heterocycles. The van der Waals surface area contributed by atoms with E-state index in [9.17, 15) is 14.7 Å². The molecule has 0 fully saturated rings. The highest BCUT2D eigenvalue weighted by molar-refractivity contribution is 5.70. The van der Waals surface area contributed by atoms with Crippen LogP contribution in [0.4, 0.5) is 0 Å². The predicted octanol–water partition coefficient (Wildman–Crippen LogP) is 9.17. The van der Waals surface area contributed by atoms with Crippen LogP contribution in [-0.4, -0.2) is 36.4 Å². The van der Waals surface area contributed by atoms with Crippen LogP contribution in [-0.2, 0) is 19.1 Å². The van der Waals surface area contributed by atoms with Gasteiger partial charge in [0.05, 0.1) is 6.61 Å². The first-order valence-corrected chi connectivity index (χ1v) is 15.9. The summed E-state index contributed by atoms with van der Waals surface area (Å²) >= 11 is 0. The Bertz CT molecular complexity index is 584. The summed E-state index contributed by atoms with van der Waals surface area (Å²) in [4.78, 5) is 24.0. The van der Waals surface area contributed by atoms with E-state index in [-0.39, 0.29) is 25.2 Å². The summed E-state index contributed by atoms with van der Waals surface area (Å²) in [5, 5.41) is 9.46. The highest BCUT2D eigenvalue weighted by Gasteiger charge is 2.16. The van der Waals surface area contributed by atoms with E-state index in [0.29, 0.717) is 12.8 Å². The minimum Gasteiger partial charge on any atom is -0.462 e. The van der Waals surface area contributed by atoms with Crippen LogP contribution < -0.4 is 0 Å². The number of aliphatic hydroxyl groups is 1. The van der Waals surface area contributed by atoms with Gasteiger partial charge in [-0.3, -0.25) is 9.59 Å². The van der Waals surface area contributed by atoms with Crippen molar-refractivity contribution >= 4 is 11.9 Å². The molecule has 0 aliphatic rings. The molecule has 0 saturated carbocycles. The molecule has 0 aromatic carbocycles. The Morgan fingerprint density at radius 2 is 1.05 bits per heavy atom. The van der Waals surface area contributed by atoms with Crippen molar-refractivity contribution in [1.82, 2.24) is 0 Å². The van der Waals surface area contributed by atoms with Crippen LogP contribution in [0.2, 0.25) is 0 Å². The van der Waals surface area contributed by atoms with Crippen molar-refractivity contribution in [2.75, 3.05) is 13.2 Å². The number of esters is 2. The van der Waals surface area contributed by atoms with E-state index in [2.05, 4.69) is 38.2 Å². The molecule has 0 rings (SSSR count). The third-order valence-corrected chi connectivity index (χ3v) is 6.73. The zero-order chi connectivity index (χ0) is 27.9. The first-order valence-electron chi connectivity index (χ1n) is 15.9. The van der Waals surface area contributed by atoms with E-state index < -0.39 is 6.10 Å². The first-order chi connectivity index (χ1) is 18.6. The molecule has 38 heavy (non-hydrogen) atoms. The smallest absolute Gasteiger partial charge is 0.306 e. The molecule has 0 aromatic heterocycles. The number of allylic oxidation sites excluding steroid dienone is 4. The van der Waals surface area contributed by atoms with Gasteiger partial charge in [-0.2, -0.15) is 0 Å². The van der Waals surface area contributed by atoms with Crippen molar-refractivity contribution in [3.8, 4) is 0 Å². The van der Waals surface area contributed by atoms with Gasteiger partial charge in [-0.1, -0.05) is 109 Å². The maximum absolute atomic E-state index is 12.1. The molecule has 0 saturated heterocycles. The van der Waals surface area contributed by atoms with Crippen molar-refractivity contribution in [2.45, 2.75) is 161 Å². The fourth-order valence-electron chi connectivity index (χ4n) is 4.31. The quantitative estimate of drug-likeness (QED) is 0.0613. The Labute approximate surface area is 234 Å². The molecular weight excluding hydrogens is 476 g/mol. The maximum atomic E-state index is 12.1. The number of rotatable bonds is 28. The second kappa shape index (κ2) is 29.9. The Morgan fingerprint density at radius 3 is 1.55 bits per heavy atom. The number of hydrogen-bond acceptors (Lipinski definition) is 5. The van der Waals surface area contributed by atoms with Crippen LogP contribution in [0.3, 0.4) is 0 Å². The fraction of sp³-hybridized carbons (Fsp3) is 0.818. The Balaban J connectivity index is 3.60. The molecular formula is C33H60O5. The summed E-state index contributed by atoms with van der Waals surface area (Å²) in [6, 6.07) is 0. The minimum atomic E-state index is -0.772. The highest BCUT2D eigenvalue weighted by Crippen LogP contribution is 2.12. The molecule has 222 valence electrons. The van der Waals surface area contributed by atoms with Gasteiger partial charge in [0, 0.05) is 12.8 Å². The zero-order valence-corrected chi connectivity index (χ0v) is 24.9. The number of carbonyl (C=O) groups excluding carboxylic acids is 2. The van der Waals surface area contributed by atoms with Crippen LogP contribution in [0.25, 0.3) is 0 Å². The largest absolute Gasteiger partial charge is 0.462 e. The number of ether oxygens (including phenoxy) is 2. The van der Waals surface area contributed by atoms with Gasteiger partial charge in [0.2, 0.25) is 0 Å². The van der Waals surface area contributed by atoms with E-state index in [0.717, 1.165) is 57.8 Å².